The molecule has 0 saturated carbocycles. The van der Waals surface area contributed by atoms with Crippen LogP contribution in [0.15, 0.2) is 18.2 Å². The Bertz CT molecular complexity index is 326. The Morgan fingerprint density at radius 2 is 2.29 bits per heavy atom. The van der Waals surface area contributed by atoms with Crippen LogP contribution in [0.25, 0.3) is 0 Å². The molecule has 1 fully saturated rings. The molecule has 1 aliphatic rings. The van der Waals surface area contributed by atoms with Crippen LogP contribution in [-0.2, 0) is 6.54 Å². The maximum atomic E-state index is 13.2. The first kappa shape index (κ1) is 9.90. The Balaban J connectivity index is 1.96. The van der Waals surface area contributed by atoms with Crippen molar-refractivity contribution in [3.63, 3.8) is 0 Å². The number of nitrogens with one attached hydrogen (secondary N) is 2. The second kappa shape index (κ2) is 4.26. The summed E-state index contributed by atoms with van der Waals surface area (Å²) in [6.07, 6.45) is 0. The molecule has 14 heavy (non-hydrogen) atoms. The summed E-state index contributed by atoms with van der Waals surface area (Å²) in [7, 11) is 0. The van der Waals surface area contributed by atoms with Crippen LogP contribution in [0.5, 0.6) is 0 Å². The van der Waals surface area contributed by atoms with E-state index in [1.807, 2.05) is 0 Å². The lowest BCUT2D eigenvalue weighted by Crippen LogP contribution is -2.55. The third-order valence-corrected chi connectivity index (χ3v) is 2.61. The molecule has 4 heteroatoms. The highest BCUT2D eigenvalue weighted by Gasteiger charge is 2.15. The lowest BCUT2D eigenvalue weighted by atomic mass is 10.1. The molecule has 2 N–H and O–H groups in total. The molecule has 1 saturated heterocycles. The molecule has 0 atom stereocenters. The summed E-state index contributed by atoms with van der Waals surface area (Å²) in [6, 6.07) is 5.09. The first-order valence-corrected chi connectivity index (χ1v) is 5.01. The van der Waals surface area contributed by atoms with Crippen molar-refractivity contribution in [3.8, 4) is 0 Å². The fourth-order valence-corrected chi connectivity index (χ4v) is 1.56. The van der Waals surface area contributed by atoms with Crippen molar-refractivity contribution in [1.29, 1.82) is 0 Å². The van der Waals surface area contributed by atoms with Crippen LogP contribution in [0.4, 0.5) is 4.39 Å². The first-order valence-electron chi connectivity index (χ1n) is 4.64. The van der Waals surface area contributed by atoms with Gasteiger partial charge < -0.3 is 10.6 Å². The number of halogens is 2. The molecule has 1 aromatic carbocycles. The van der Waals surface area contributed by atoms with Gasteiger partial charge in [0.15, 0.2) is 0 Å². The van der Waals surface area contributed by atoms with Crippen LogP contribution in [0, 0.1) is 5.82 Å². The quantitative estimate of drug-likeness (QED) is 0.798. The van der Waals surface area contributed by atoms with E-state index in [9.17, 15) is 4.39 Å². The molecule has 76 valence electrons. The standard InChI is InChI=1S/C10H12ClFN2/c11-8-1-2-10(12)7(3-8)4-14-9-5-13-6-9/h1-3,9,13-14H,4-6H2. The van der Waals surface area contributed by atoms with Crippen LogP contribution in [0.3, 0.4) is 0 Å². The van der Waals surface area contributed by atoms with E-state index < -0.39 is 0 Å². The number of hydrogen-bond acceptors (Lipinski definition) is 2. The third-order valence-electron chi connectivity index (χ3n) is 2.37. The Morgan fingerprint density at radius 1 is 1.50 bits per heavy atom. The smallest absolute Gasteiger partial charge is 0.127 e. The first-order chi connectivity index (χ1) is 6.75. The van der Waals surface area contributed by atoms with Crippen LogP contribution < -0.4 is 10.6 Å². The summed E-state index contributed by atoms with van der Waals surface area (Å²) in [4.78, 5) is 0. The molecule has 0 spiro atoms. The summed E-state index contributed by atoms with van der Waals surface area (Å²) >= 11 is 5.77. The van der Waals surface area contributed by atoms with Gasteiger partial charge in [-0.3, -0.25) is 0 Å². The molecule has 2 nitrogen and oxygen atoms in total. The second-order valence-electron chi connectivity index (χ2n) is 3.47. The molecular weight excluding hydrogens is 203 g/mol. The minimum atomic E-state index is -0.200. The molecule has 0 aliphatic carbocycles. The fourth-order valence-electron chi connectivity index (χ4n) is 1.37. The van der Waals surface area contributed by atoms with Gasteiger partial charge >= 0.3 is 0 Å². The Hall–Kier alpha value is -0.640. The van der Waals surface area contributed by atoms with Crippen molar-refractivity contribution in [3.05, 3.63) is 34.6 Å². The third kappa shape index (κ3) is 2.23. The van der Waals surface area contributed by atoms with Crippen LogP contribution in [-0.4, -0.2) is 19.1 Å². The molecule has 0 radical (unpaired) electrons. The zero-order chi connectivity index (χ0) is 9.97. The normalized spacial score (nSPS) is 16.7. The Kier molecular flexibility index (Phi) is 3.01. The molecule has 0 bridgehead atoms. The monoisotopic (exact) mass is 214 g/mol. The van der Waals surface area contributed by atoms with Gasteiger partial charge in [-0.05, 0) is 18.2 Å². The topological polar surface area (TPSA) is 24.1 Å². The lowest BCUT2D eigenvalue weighted by Gasteiger charge is -2.28. The minimum absolute atomic E-state index is 0.200. The van der Waals surface area contributed by atoms with E-state index in [-0.39, 0.29) is 5.82 Å². The van der Waals surface area contributed by atoms with Crippen LogP contribution in [0.2, 0.25) is 5.02 Å². The fraction of sp³-hybridized carbons (Fsp3) is 0.400. The molecule has 0 aromatic heterocycles. The van der Waals surface area contributed by atoms with Crippen molar-refractivity contribution >= 4 is 11.6 Å². The van der Waals surface area contributed by atoms with E-state index in [1.165, 1.54) is 6.07 Å². The summed E-state index contributed by atoms with van der Waals surface area (Å²) in [5.74, 6) is -0.200. The highest BCUT2D eigenvalue weighted by Crippen LogP contribution is 2.14. The predicted molar refractivity (Wildman–Crippen MR) is 54.9 cm³/mol. The molecule has 1 aliphatic heterocycles. The number of benzene rings is 1. The summed E-state index contributed by atoms with van der Waals surface area (Å²) < 4.78 is 13.2. The SMILES string of the molecule is Fc1ccc(Cl)cc1CNC1CNC1. The van der Waals surface area contributed by atoms with Crippen LogP contribution >= 0.6 is 11.6 Å². The van der Waals surface area contributed by atoms with E-state index >= 15 is 0 Å². The average molecular weight is 215 g/mol. The van der Waals surface area contributed by atoms with Gasteiger partial charge in [-0.1, -0.05) is 11.6 Å². The van der Waals surface area contributed by atoms with Crippen molar-refractivity contribution in [2.24, 2.45) is 0 Å². The van der Waals surface area contributed by atoms with E-state index in [2.05, 4.69) is 10.6 Å². The van der Waals surface area contributed by atoms with Crippen molar-refractivity contribution in [2.75, 3.05) is 13.1 Å². The summed E-state index contributed by atoms with van der Waals surface area (Å²) in [5.41, 5.74) is 0.629. The van der Waals surface area contributed by atoms with Gasteiger partial charge in [0.2, 0.25) is 0 Å². The van der Waals surface area contributed by atoms with E-state index in [1.54, 1.807) is 12.1 Å². The maximum Gasteiger partial charge on any atom is 0.127 e. The molecule has 0 unspecified atom stereocenters. The second-order valence-corrected chi connectivity index (χ2v) is 3.91. The van der Waals surface area contributed by atoms with Crippen molar-refractivity contribution in [1.82, 2.24) is 10.6 Å². The molecular formula is C10H12ClFN2. The van der Waals surface area contributed by atoms with Gasteiger partial charge in [-0.15, -0.1) is 0 Å². The van der Waals surface area contributed by atoms with Gasteiger partial charge in [-0.25, -0.2) is 4.39 Å². The van der Waals surface area contributed by atoms with Gasteiger partial charge in [0, 0.05) is 36.3 Å². The summed E-state index contributed by atoms with van der Waals surface area (Å²) in [5, 5.41) is 6.96. The van der Waals surface area contributed by atoms with Gasteiger partial charge in [0.1, 0.15) is 5.82 Å². The zero-order valence-electron chi connectivity index (χ0n) is 7.69. The van der Waals surface area contributed by atoms with E-state index in [0.29, 0.717) is 23.2 Å². The van der Waals surface area contributed by atoms with Crippen molar-refractivity contribution < 1.29 is 4.39 Å². The zero-order valence-corrected chi connectivity index (χ0v) is 8.44. The lowest BCUT2D eigenvalue weighted by molar-refractivity contribution is 0.363. The Morgan fingerprint density at radius 3 is 2.93 bits per heavy atom. The number of hydrogen-bond donors (Lipinski definition) is 2. The summed E-state index contributed by atoms with van der Waals surface area (Å²) in [6.45, 7) is 2.46. The highest BCUT2D eigenvalue weighted by molar-refractivity contribution is 6.30. The largest absolute Gasteiger partial charge is 0.314 e. The van der Waals surface area contributed by atoms with Crippen LogP contribution in [0.1, 0.15) is 5.56 Å². The highest BCUT2D eigenvalue weighted by atomic mass is 35.5. The van der Waals surface area contributed by atoms with E-state index in [0.717, 1.165) is 13.1 Å². The van der Waals surface area contributed by atoms with Crippen molar-refractivity contribution in [2.45, 2.75) is 12.6 Å². The van der Waals surface area contributed by atoms with Gasteiger partial charge in [0.05, 0.1) is 0 Å². The van der Waals surface area contributed by atoms with Gasteiger partial charge in [0.25, 0.3) is 0 Å². The predicted octanol–water partition coefficient (Wildman–Crippen LogP) is 1.54. The molecule has 0 amide bonds. The molecule has 1 aromatic rings. The Labute approximate surface area is 87.5 Å². The maximum absolute atomic E-state index is 13.2. The molecule has 2 rings (SSSR count). The van der Waals surface area contributed by atoms with E-state index in [4.69, 9.17) is 11.6 Å². The number of rotatable bonds is 3. The average Bonchev–Trinajstić information content (AvgIpc) is 2.08. The van der Waals surface area contributed by atoms with Gasteiger partial charge in [-0.2, -0.15) is 0 Å². The minimum Gasteiger partial charge on any atom is -0.314 e. The molecule has 1 heterocycles.